The number of amides is 1. The number of hydrogen-bond donors (Lipinski definition) is 2. The van der Waals surface area contributed by atoms with Crippen LogP contribution in [-0.4, -0.2) is 50.6 Å². The van der Waals surface area contributed by atoms with Crippen LogP contribution in [-0.2, 0) is 0 Å². The van der Waals surface area contributed by atoms with Crippen LogP contribution in [0.25, 0.3) is 5.82 Å². The number of nitrogens with one attached hydrogen (secondary N) is 1. The predicted molar refractivity (Wildman–Crippen MR) is 160 cm³/mol. The first-order chi connectivity index (χ1) is 19.8. The van der Waals surface area contributed by atoms with Crippen molar-refractivity contribution in [3.63, 3.8) is 0 Å². The highest BCUT2D eigenvalue weighted by Gasteiger charge is 2.62. The second-order valence-corrected chi connectivity index (χ2v) is 12.3. The quantitative estimate of drug-likeness (QED) is 0.179. The van der Waals surface area contributed by atoms with Crippen molar-refractivity contribution in [3.8, 4) is 11.7 Å². The number of ether oxygens (including phenoxy) is 1. The van der Waals surface area contributed by atoms with Crippen molar-refractivity contribution in [2.75, 3.05) is 18.1 Å². The topological polar surface area (TPSA) is 111 Å². The lowest BCUT2D eigenvalue weighted by Crippen LogP contribution is -2.40. The Labute approximate surface area is 248 Å². The third kappa shape index (κ3) is 7.11. The van der Waals surface area contributed by atoms with E-state index in [2.05, 4.69) is 53.6 Å². The molecule has 228 valence electrons. The number of anilines is 1. The van der Waals surface area contributed by atoms with Gasteiger partial charge in [-0.05, 0) is 70.1 Å². The van der Waals surface area contributed by atoms with Crippen LogP contribution in [0.1, 0.15) is 69.7 Å². The third-order valence-electron chi connectivity index (χ3n) is 7.78. The number of halogens is 3. The van der Waals surface area contributed by atoms with Crippen molar-refractivity contribution in [2.45, 2.75) is 71.0 Å². The first-order valence-electron chi connectivity index (χ1n) is 14.0. The highest BCUT2D eigenvalue weighted by atomic mass is 32.2. The number of aliphatic imine (C=N–C) groups is 1. The molecule has 13 heteroatoms. The van der Waals surface area contributed by atoms with Gasteiger partial charge in [0.1, 0.15) is 16.7 Å². The molecule has 2 aliphatic rings. The number of carbonyl (C=O) groups is 1. The van der Waals surface area contributed by atoms with Crippen LogP contribution >= 0.6 is 11.9 Å². The summed E-state index contributed by atoms with van der Waals surface area (Å²) in [5, 5.41) is 4.77. The fraction of sp³-hybridized carbons (Fsp3) is 0.517. The highest BCUT2D eigenvalue weighted by Crippen LogP contribution is 2.59. The van der Waals surface area contributed by atoms with Crippen LogP contribution in [0.15, 0.2) is 54.4 Å². The Morgan fingerprint density at radius 1 is 1.33 bits per heavy atom. The molecule has 0 radical (unpaired) electrons. The van der Waals surface area contributed by atoms with E-state index in [1.165, 1.54) is 10.8 Å². The van der Waals surface area contributed by atoms with Gasteiger partial charge in [0.05, 0.1) is 17.6 Å². The van der Waals surface area contributed by atoms with E-state index < -0.39 is 11.6 Å². The molecular formula is C29H38F3N7O2S. The van der Waals surface area contributed by atoms with Crippen LogP contribution < -0.4 is 20.1 Å². The molecule has 0 bridgehead atoms. The average molecular weight is 606 g/mol. The van der Waals surface area contributed by atoms with Crippen molar-refractivity contribution < 1.29 is 22.7 Å². The van der Waals surface area contributed by atoms with Gasteiger partial charge in [-0.1, -0.05) is 26.5 Å². The summed E-state index contributed by atoms with van der Waals surface area (Å²) >= 11 is 0.972. The summed E-state index contributed by atoms with van der Waals surface area (Å²) < 4.78 is 49.6. The molecule has 0 aromatic carbocycles. The smallest absolute Gasteiger partial charge is 0.394 e. The van der Waals surface area contributed by atoms with Gasteiger partial charge in [-0.25, -0.2) is 14.7 Å². The summed E-state index contributed by atoms with van der Waals surface area (Å²) in [5.41, 5.74) is 4.05. The number of carbonyl (C=O) groups excluding carboxylic acids is 1. The number of nitrogens with zero attached hydrogens (tertiary/aromatic N) is 5. The van der Waals surface area contributed by atoms with Gasteiger partial charge in [0.15, 0.2) is 5.82 Å². The molecule has 1 amide bonds. The zero-order valence-electron chi connectivity index (χ0n) is 24.2. The molecule has 0 spiro atoms. The van der Waals surface area contributed by atoms with E-state index in [9.17, 15) is 18.0 Å². The molecule has 9 nitrogen and oxygen atoms in total. The Morgan fingerprint density at radius 2 is 2.07 bits per heavy atom. The van der Waals surface area contributed by atoms with E-state index in [0.717, 1.165) is 37.8 Å². The molecule has 2 aromatic rings. The zero-order valence-corrected chi connectivity index (χ0v) is 25.0. The predicted octanol–water partition coefficient (Wildman–Crippen LogP) is 6.18. The van der Waals surface area contributed by atoms with Gasteiger partial charge in [-0.2, -0.15) is 13.2 Å². The maximum Gasteiger partial charge on any atom is 0.394 e. The minimum atomic E-state index is -4.22. The van der Waals surface area contributed by atoms with E-state index >= 15 is 0 Å². The van der Waals surface area contributed by atoms with Gasteiger partial charge >= 0.3 is 6.18 Å². The molecule has 1 saturated carbocycles. The monoisotopic (exact) mass is 605 g/mol. The van der Waals surface area contributed by atoms with Crippen LogP contribution in [0.4, 0.5) is 19.0 Å². The molecule has 1 aliphatic heterocycles. The normalized spacial score (nSPS) is 19.4. The molecule has 2 aromatic heterocycles. The number of alkyl halides is 3. The number of pyridine rings is 1. The van der Waals surface area contributed by atoms with Crippen molar-refractivity contribution in [1.29, 1.82) is 0 Å². The summed E-state index contributed by atoms with van der Waals surface area (Å²) in [6, 6.07) is 4.94. The fourth-order valence-electron chi connectivity index (χ4n) is 5.40. The lowest BCUT2D eigenvalue weighted by atomic mass is 9.93. The summed E-state index contributed by atoms with van der Waals surface area (Å²) in [5.74, 6) is 1.33. The van der Waals surface area contributed by atoms with Gasteiger partial charge in [0, 0.05) is 36.3 Å². The van der Waals surface area contributed by atoms with Crippen LogP contribution in [0, 0.1) is 11.3 Å². The Hall–Kier alpha value is -3.48. The largest absolute Gasteiger partial charge is 0.477 e. The van der Waals surface area contributed by atoms with Gasteiger partial charge in [-0.3, -0.25) is 9.52 Å². The Kier molecular flexibility index (Phi) is 9.29. The van der Waals surface area contributed by atoms with E-state index in [0.29, 0.717) is 28.2 Å². The molecule has 2 fully saturated rings. The molecule has 1 atom stereocenters. The number of rotatable bonds is 11. The van der Waals surface area contributed by atoms with Crippen LogP contribution in [0.3, 0.4) is 0 Å². The van der Waals surface area contributed by atoms with Gasteiger partial charge in [0.25, 0.3) is 5.91 Å². The Balaban J connectivity index is 1.58. The number of aromatic nitrogens is 3. The lowest BCUT2D eigenvalue weighted by molar-refractivity contribution is -0.190. The highest BCUT2D eigenvalue weighted by molar-refractivity contribution is 8.13. The first-order valence-corrected chi connectivity index (χ1v) is 14.8. The summed E-state index contributed by atoms with van der Waals surface area (Å²) in [4.78, 5) is 24.5. The van der Waals surface area contributed by atoms with Crippen molar-refractivity contribution >= 4 is 28.7 Å². The minimum absolute atomic E-state index is 0.0831. The molecule has 3 heterocycles. The maximum atomic E-state index is 13.4. The first kappa shape index (κ1) is 31.5. The lowest BCUT2D eigenvalue weighted by Gasteiger charge is -2.34. The second-order valence-electron chi connectivity index (χ2n) is 11.5. The van der Waals surface area contributed by atoms with E-state index in [-0.39, 0.29) is 49.0 Å². The Bertz CT molecular complexity index is 1350. The van der Waals surface area contributed by atoms with Gasteiger partial charge in [0.2, 0.25) is 5.88 Å². The second kappa shape index (κ2) is 12.4. The van der Waals surface area contributed by atoms with E-state index in [1.807, 2.05) is 0 Å². The van der Waals surface area contributed by atoms with Gasteiger partial charge in [-0.15, -0.1) is 5.10 Å². The fourth-order valence-corrected chi connectivity index (χ4v) is 5.96. The zero-order chi connectivity index (χ0) is 30.7. The average Bonchev–Trinajstić information content (AvgIpc) is 3.47. The van der Waals surface area contributed by atoms with E-state index in [4.69, 9.17) is 15.5 Å². The summed E-state index contributed by atoms with van der Waals surface area (Å²) in [6.07, 6.45) is 2.12. The van der Waals surface area contributed by atoms with E-state index in [1.54, 1.807) is 24.4 Å². The van der Waals surface area contributed by atoms with Crippen molar-refractivity contribution in [2.24, 2.45) is 22.1 Å². The van der Waals surface area contributed by atoms with Crippen LogP contribution in [0.5, 0.6) is 5.88 Å². The standard InChI is InChI=1S/C29H38F3N7O2S/c1-6-8-20-17-27(4,5)38(18-20)25-21(26(40)37-42-24(7-2)34-19(3)33)9-10-22(35-25)39-15-11-23(36-39)41-16-14-28(12-13-28)29(30,31)32/h7,9-11,15,20H,2-3,6,8,12-14,16-18,33H2,1,4-5H3,(H,37,40)/b34-24+. The van der Waals surface area contributed by atoms with Gasteiger partial charge < -0.3 is 15.4 Å². The minimum Gasteiger partial charge on any atom is -0.477 e. The molecule has 1 aliphatic carbocycles. The molecule has 4 rings (SSSR count). The summed E-state index contributed by atoms with van der Waals surface area (Å²) in [7, 11) is 0. The van der Waals surface area contributed by atoms with Crippen molar-refractivity contribution in [3.05, 3.63) is 55.0 Å². The Morgan fingerprint density at radius 3 is 2.69 bits per heavy atom. The molecule has 1 saturated heterocycles. The third-order valence-corrected chi connectivity index (χ3v) is 8.53. The molecule has 1 unspecified atom stereocenters. The molecule has 3 N–H and O–H groups in total. The number of nitrogens with two attached hydrogens (primary N) is 1. The van der Waals surface area contributed by atoms with Crippen molar-refractivity contribution in [1.82, 2.24) is 19.5 Å². The maximum absolute atomic E-state index is 13.4. The SMILES string of the molecule is C=C/C(=N\C(=C)N)SNC(=O)c1ccc(-n2ccc(OCCC3(C(F)(F)F)CC3)n2)nc1N1CC(CCC)CC1(C)C. The molecular weight excluding hydrogens is 567 g/mol. The molecule has 42 heavy (non-hydrogen) atoms. The number of hydrogen-bond acceptors (Lipinski definition) is 8. The summed E-state index contributed by atoms with van der Waals surface area (Å²) in [6.45, 7) is 14.3. The van der Waals surface area contributed by atoms with Crippen LogP contribution in [0.2, 0.25) is 0 Å².